The van der Waals surface area contributed by atoms with Crippen LogP contribution in [-0.4, -0.2) is 61.7 Å². The molecule has 1 spiro atoms. The van der Waals surface area contributed by atoms with Crippen molar-refractivity contribution in [1.29, 1.82) is 0 Å². The average molecular weight is 499 g/mol. The lowest BCUT2D eigenvalue weighted by atomic mass is 9.87. The number of carbonyl (C=O) groups is 2. The Bertz CT molecular complexity index is 1110. The Morgan fingerprint density at radius 1 is 1.11 bits per heavy atom. The molecule has 10 heteroatoms. The number of ether oxygens (including phenoxy) is 2. The van der Waals surface area contributed by atoms with Crippen molar-refractivity contribution in [2.24, 2.45) is 5.16 Å². The van der Waals surface area contributed by atoms with E-state index in [-0.39, 0.29) is 11.9 Å². The lowest BCUT2D eigenvalue weighted by molar-refractivity contribution is -0.115. The summed E-state index contributed by atoms with van der Waals surface area (Å²) in [5.41, 5.74) is 1.49. The molecule has 0 aliphatic carbocycles. The number of anilines is 1. The van der Waals surface area contributed by atoms with Crippen molar-refractivity contribution >= 4 is 35.1 Å². The first kappa shape index (κ1) is 24.7. The Kier molecular flexibility index (Phi) is 7.70. The van der Waals surface area contributed by atoms with Crippen LogP contribution in [0.2, 0.25) is 0 Å². The van der Waals surface area contributed by atoms with Crippen molar-refractivity contribution < 1.29 is 23.9 Å². The van der Waals surface area contributed by atoms with Crippen LogP contribution in [0.4, 0.5) is 10.5 Å². The van der Waals surface area contributed by atoms with E-state index in [1.54, 1.807) is 36.9 Å². The summed E-state index contributed by atoms with van der Waals surface area (Å²) < 4.78 is 10.6. The molecule has 186 valence electrons. The van der Waals surface area contributed by atoms with E-state index in [2.05, 4.69) is 15.8 Å². The molecule has 0 unspecified atom stereocenters. The van der Waals surface area contributed by atoms with Gasteiger partial charge in [0.1, 0.15) is 11.3 Å². The maximum atomic E-state index is 12.7. The summed E-state index contributed by atoms with van der Waals surface area (Å²) in [5.74, 6) is 0.976. The van der Waals surface area contributed by atoms with Gasteiger partial charge in [0.25, 0.3) is 5.91 Å². The highest BCUT2D eigenvalue weighted by Crippen LogP contribution is 2.35. The zero-order chi connectivity index (χ0) is 24.8. The molecule has 0 bridgehead atoms. The first-order valence-corrected chi connectivity index (χ1v) is 12.6. The topological polar surface area (TPSA) is 101 Å². The third-order valence-electron chi connectivity index (χ3n) is 6.29. The minimum Gasteiger partial charge on any atom is -0.493 e. The van der Waals surface area contributed by atoms with Gasteiger partial charge in [0.15, 0.2) is 11.5 Å². The fraction of sp³-hybridized carbons (Fsp3) is 0.400. The lowest BCUT2D eigenvalue weighted by Gasteiger charge is -2.37. The van der Waals surface area contributed by atoms with Crippen molar-refractivity contribution in [1.82, 2.24) is 10.2 Å². The van der Waals surface area contributed by atoms with Crippen LogP contribution < -0.4 is 20.1 Å². The number of benzene rings is 2. The quantitative estimate of drug-likeness (QED) is 0.562. The van der Waals surface area contributed by atoms with E-state index < -0.39 is 5.60 Å². The fourth-order valence-corrected chi connectivity index (χ4v) is 4.67. The third-order valence-corrected chi connectivity index (χ3v) is 7.01. The minimum absolute atomic E-state index is 0.134. The molecule has 0 saturated carbocycles. The second-order valence-corrected chi connectivity index (χ2v) is 9.39. The van der Waals surface area contributed by atoms with Crippen LogP contribution in [0.1, 0.15) is 24.8 Å². The van der Waals surface area contributed by atoms with Crippen LogP contribution >= 0.6 is 11.8 Å². The summed E-state index contributed by atoms with van der Waals surface area (Å²) in [5, 5.41) is 9.94. The van der Waals surface area contributed by atoms with Gasteiger partial charge >= 0.3 is 6.03 Å². The average Bonchev–Trinajstić information content (AvgIpc) is 3.30. The molecule has 35 heavy (non-hydrogen) atoms. The molecule has 2 aromatic carbocycles. The Hall–Kier alpha value is -3.40. The number of hydrogen-bond donors (Lipinski definition) is 2. The van der Waals surface area contributed by atoms with Crippen LogP contribution in [0.3, 0.4) is 0 Å². The normalized spacial score (nSPS) is 16.3. The van der Waals surface area contributed by atoms with Crippen molar-refractivity contribution in [3.63, 3.8) is 0 Å². The van der Waals surface area contributed by atoms with Gasteiger partial charge in [-0.1, -0.05) is 17.3 Å². The van der Waals surface area contributed by atoms with Gasteiger partial charge in [-0.15, -0.1) is 11.8 Å². The van der Waals surface area contributed by atoms with Gasteiger partial charge < -0.3 is 29.8 Å². The molecule has 0 radical (unpaired) electrons. The van der Waals surface area contributed by atoms with Gasteiger partial charge in [-0.05, 0) is 42.2 Å². The van der Waals surface area contributed by atoms with E-state index in [4.69, 9.17) is 14.3 Å². The van der Waals surface area contributed by atoms with Gasteiger partial charge in [-0.25, -0.2) is 4.79 Å². The summed E-state index contributed by atoms with van der Waals surface area (Å²) in [6.45, 7) is 1.39. The Labute approximate surface area is 209 Å². The molecule has 2 aliphatic heterocycles. The van der Waals surface area contributed by atoms with Crippen molar-refractivity contribution in [2.75, 3.05) is 38.9 Å². The molecule has 0 atom stereocenters. The Morgan fingerprint density at radius 2 is 1.89 bits per heavy atom. The molecule has 1 fully saturated rings. The van der Waals surface area contributed by atoms with E-state index >= 15 is 0 Å². The van der Waals surface area contributed by atoms with E-state index in [1.165, 1.54) is 0 Å². The van der Waals surface area contributed by atoms with Crippen LogP contribution in [0.5, 0.6) is 11.5 Å². The first-order valence-electron chi connectivity index (χ1n) is 11.4. The molecule has 3 amide bonds. The maximum absolute atomic E-state index is 12.7. The number of nitrogens with zero attached hydrogens (tertiary/aromatic N) is 2. The minimum atomic E-state index is -0.536. The van der Waals surface area contributed by atoms with Gasteiger partial charge in [-0.3, -0.25) is 4.79 Å². The smallest absolute Gasteiger partial charge is 0.321 e. The largest absolute Gasteiger partial charge is 0.493 e. The highest BCUT2D eigenvalue weighted by Gasteiger charge is 2.44. The number of oxime groups is 1. The SMILES string of the molecule is COc1ccc(CNC(=O)C2=NOC3(CCN(C(=O)Nc4cccc(SC)c4)CC3)C2)cc1OC. The molecule has 4 rings (SSSR count). The zero-order valence-corrected chi connectivity index (χ0v) is 20.9. The van der Waals surface area contributed by atoms with Crippen molar-refractivity contribution in [3.8, 4) is 11.5 Å². The number of methoxy groups -OCH3 is 2. The second-order valence-electron chi connectivity index (χ2n) is 8.51. The number of carbonyl (C=O) groups excluding carboxylic acids is 2. The first-order chi connectivity index (χ1) is 16.9. The number of piperidine rings is 1. The number of hydrogen-bond acceptors (Lipinski definition) is 7. The van der Waals surface area contributed by atoms with Gasteiger partial charge in [0, 0.05) is 49.5 Å². The monoisotopic (exact) mass is 498 g/mol. The molecular formula is C25H30N4O5S. The van der Waals surface area contributed by atoms with Crippen LogP contribution in [-0.2, 0) is 16.2 Å². The third kappa shape index (κ3) is 5.82. The number of likely N-dealkylation sites (tertiary alicyclic amines) is 1. The molecular weight excluding hydrogens is 468 g/mol. The molecule has 2 aliphatic rings. The van der Waals surface area contributed by atoms with Crippen LogP contribution in [0.25, 0.3) is 0 Å². The number of thioether (sulfide) groups is 1. The van der Waals surface area contributed by atoms with Crippen molar-refractivity contribution in [3.05, 3.63) is 48.0 Å². The summed E-state index contributed by atoms with van der Waals surface area (Å²) >= 11 is 1.63. The van der Waals surface area contributed by atoms with Gasteiger partial charge in [-0.2, -0.15) is 0 Å². The van der Waals surface area contributed by atoms with E-state index in [9.17, 15) is 9.59 Å². The summed E-state index contributed by atoms with van der Waals surface area (Å²) in [4.78, 5) is 34.0. The van der Waals surface area contributed by atoms with Crippen molar-refractivity contribution in [2.45, 2.75) is 36.3 Å². The highest BCUT2D eigenvalue weighted by atomic mass is 32.2. The maximum Gasteiger partial charge on any atom is 0.321 e. The molecule has 2 N–H and O–H groups in total. The number of nitrogens with one attached hydrogen (secondary N) is 2. The lowest BCUT2D eigenvalue weighted by Crippen LogP contribution is -2.48. The molecule has 1 saturated heterocycles. The van der Waals surface area contributed by atoms with Crippen LogP contribution in [0, 0.1) is 0 Å². The summed E-state index contributed by atoms with van der Waals surface area (Å²) in [6.07, 6.45) is 3.65. The standard InChI is InChI=1S/C25H30N4O5S/c1-32-21-8-7-17(13-22(21)33-2)16-26-23(30)20-15-25(34-28-20)9-11-29(12-10-25)24(31)27-18-5-4-6-19(14-18)35-3/h4-8,13-14H,9-12,15-16H2,1-3H3,(H,26,30)(H,27,31). The Morgan fingerprint density at radius 3 is 2.60 bits per heavy atom. The second kappa shape index (κ2) is 10.9. The highest BCUT2D eigenvalue weighted by molar-refractivity contribution is 7.98. The van der Waals surface area contributed by atoms with E-state index in [1.807, 2.05) is 42.7 Å². The van der Waals surface area contributed by atoms with Crippen LogP contribution in [0.15, 0.2) is 52.5 Å². The summed E-state index contributed by atoms with van der Waals surface area (Å²) in [7, 11) is 3.15. The van der Waals surface area contributed by atoms with E-state index in [0.29, 0.717) is 56.1 Å². The van der Waals surface area contributed by atoms with E-state index in [0.717, 1.165) is 16.1 Å². The summed E-state index contributed by atoms with van der Waals surface area (Å²) in [6, 6.07) is 13.1. The predicted molar refractivity (Wildman–Crippen MR) is 135 cm³/mol. The predicted octanol–water partition coefficient (Wildman–Crippen LogP) is 3.88. The fourth-order valence-electron chi connectivity index (χ4n) is 4.21. The Balaban J connectivity index is 1.26. The molecule has 9 nitrogen and oxygen atoms in total. The molecule has 2 heterocycles. The molecule has 0 aromatic heterocycles. The number of amides is 3. The number of rotatable bonds is 7. The number of urea groups is 1. The zero-order valence-electron chi connectivity index (χ0n) is 20.1. The van der Waals surface area contributed by atoms with Gasteiger partial charge in [0.2, 0.25) is 0 Å². The van der Waals surface area contributed by atoms with Gasteiger partial charge in [0.05, 0.1) is 14.2 Å². The molecule has 2 aromatic rings.